The molecule has 1 saturated heterocycles. The van der Waals surface area contributed by atoms with Crippen LogP contribution < -0.4 is 4.74 Å². The first kappa shape index (κ1) is 21.0. The third-order valence-corrected chi connectivity index (χ3v) is 7.23. The number of carbonyl (C=O) groups excluding carboxylic acids is 1. The third kappa shape index (κ3) is 4.11. The summed E-state index contributed by atoms with van der Waals surface area (Å²) >= 11 is 0. The number of nitriles is 1. The Bertz CT molecular complexity index is 1070. The van der Waals surface area contributed by atoms with E-state index in [1.54, 1.807) is 0 Å². The average molecular weight is 432 g/mol. The third-order valence-electron chi connectivity index (χ3n) is 7.23. The minimum atomic E-state index is -0.191. The van der Waals surface area contributed by atoms with E-state index >= 15 is 0 Å². The van der Waals surface area contributed by atoms with Gasteiger partial charge in [-0.15, -0.1) is 0 Å². The van der Waals surface area contributed by atoms with Gasteiger partial charge in [0.1, 0.15) is 12.4 Å². The number of benzene rings is 2. The molecule has 6 heteroatoms. The summed E-state index contributed by atoms with van der Waals surface area (Å²) in [4.78, 5) is 16.9. The summed E-state index contributed by atoms with van der Waals surface area (Å²) in [5.74, 6) is 1.16. The van der Waals surface area contributed by atoms with E-state index in [-0.39, 0.29) is 5.97 Å². The Morgan fingerprint density at radius 3 is 2.72 bits per heavy atom. The van der Waals surface area contributed by atoms with Gasteiger partial charge in [0, 0.05) is 50.7 Å². The first-order valence-electron chi connectivity index (χ1n) is 11.5. The number of ether oxygens (including phenoxy) is 2. The zero-order chi connectivity index (χ0) is 22.1. The highest BCUT2D eigenvalue weighted by Crippen LogP contribution is 2.35. The maximum absolute atomic E-state index is 11.7. The Balaban J connectivity index is 1.14. The molecule has 3 aliphatic rings. The van der Waals surface area contributed by atoms with Crippen LogP contribution in [0.4, 0.5) is 0 Å². The highest BCUT2D eigenvalue weighted by molar-refractivity contribution is 5.93. The fourth-order valence-corrected chi connectivity index (χ4v) is 5.18. The minimum absolute atomic E-state index is 0.191. The summed E-state index contributed by atoms with van der Waals surface area (Å²) < 4.78 is 11.0. The Morgan fingerprint density at radius 1 is 1.09 bits per heavy atom. The summed E-state index contributed by atoms with van der Waals surface area (Å²) in [5, 5.41) is 9.14. The van der Waals surface area contributed by atoms with Gasteiger partial charge in [0.05, 0.1) is 23.8 Å². The number of fused-ring (bicyclic) bond motifs is 2. The molecule has 5 rings (SSSR count). The van der Waals surface area contributed by atoms with Crippen molar-refractivity contribution < 1.29 is 14.3 Å². The maximum Gasteiger partial charge on any atom is 0.338 e. The van der Waals surface area contributed by atoms with Gasteiger partial charge in [0.2, 0.25) is 0 Å². The average Bonchev–Trinajstić information content (AvgIpc) is 3.21. The highest BCUT2D eigenvalue weighted by Gasteiger charge is 2.27. The van der Waals surface area contributed by atoms with Gasteiger partial charge >= 0.3 is 5.97 Å². The Hall–Kier alpha value is -2.88. The van der Waals surface area contributed by atoms with E-state index in [9.17, 15) is 4.79 Å². The molecule has 0 aromatic heterocycles. The van der Waals surface area contributed by atoms with E-state index in [1.165, 1.54) is 16.7 Å². The smallest absolute Gasteiger partial charge is 0.338 e. The SMILES string of the molecule is Cc1c(CCN2CCN(CC3CCOc4cc(C#N)ccc43)CC2)ccc2c1COC2=O. The van der Waals surface area contributed by atoms with Crippen molar-refractivity contribution in [2.75, 3.05) is 45.9 Å². The number of carbonyl (C=O) groups is 1. The lowest BCUT2D eigenvalue weighted by Gasteiger charge is -2.37. The molecule has 1 atom stereocenters. The molecule has 0 bridgehead atoms. The lowest BCUT2D eigenvalue weighted by molar-refractivity contribution is 0.0535. The van der Waals surface area contributed by atoms with Crippen molar-refractivity contribution in [3.63, 3.8) is 0 Å². The monoisotopic (exact) mass is 431 g/mol. The minimum Gasteiger partial charge on any atom is -0.493 e. The second kappa shape index (κ2) is 8.93. The fraction of sp³-hybridized carbons (Fsp3) is 0.462. The van der Waals surface area contributed by atoms with E-state index in [4.69, 9.17) is 14.7 Å². The van der Waals surface area contributed by atoms with Gasteiger partial charge in [-0.2, -0.15) is 5.26 Å². The van der Waals surface area contributed by atoms with Crippen molar-refractivity contribution in [3.8, 4) is 11.8 Å². The van der Waals surface area contributed by atoms with Crippen molar-refractivity contribution >= 4 is 5.97 Å². The van der Waals surface area contributed by atoms with Gasteiger partial charge in [-0.1, -0.05) is 12.1 Å². The first-order chi connectivity index (χ1) is 15.6. The molecule has 0 N–H and O–H groups in total. The predicted molar refractivity (Wildman–Crippen MR) is 121 cm³/mol. The van der Waals surface area contributed by atoms with Gasteiger partial charge in [-0.3, -0.25) is 0 Å². The Labute approximate surface area is 189 Å². The molecule has 0 radical (unpaired) electrons. The summed E-state index contributed by atoms with van der Waals surface area (Å²) in [5.41, 5.74) is 6.24. The molecule has 6 nitrogen and oxygen atoms in total. The summed E-state index contributed by atoms with van der Waals surface area (Å²) in [6.07, 6.45) is 2.03. The van der Waals surface area contributed by atoms with E-state index in [2.05, 4.69) is 34.9 Å². The highest BCUT2D eigenvalue weighted by atomic mass is 16.5. The van der Waals surface area contributed by atoms with Crippen LogP contribution in [0.3, 0.4) is 0 Å². The number of nitrogens with zero attached hydrogens (tertiary/aromatic N) is 3. The topological polar surface area (TPSA) is 65.8 Å². The van der Waals surface area contributed by atoms with Gasteiger partial charge in [0.15, 0.2) is 0 Å². The van der Waals surface area contributed by atoms with Gasteiger partial charge in [-0.25, -0.2) is 4.79 Å². The van der Waals surface area contributed by atoms with Crippen LogP contribution in [0.5, 0.6) is 5.75 Å². The normalized spacial score (nSPS) is 20.8. The van der Waals surface area contributed by atoms with E-state index in [0.717, 1.165) is 75.6 Å². The standard InChI is InChI=1S/C26H29N3O3/c1-18-20(3-5-23-24(18)17-32-26(23)30)6-8-28-9-11-29(12-10-28)16-21-7-13-31-25-14-19(15-27)2-4-22(21)25/h2-5,14,21H,6-13,16-17H2,1H3. The predicted octanol–water partition coefficient (Wildman–Crippen LogP) is 3.26. The number of cyclic esters (lactones) is 1. The van der Waals surface area contributed by atoms with E-state index in [0.29, 0.717) is 18.1 Å². The summed E-state index contributed by atoms with van der Waals surface area (Å²) in [6.45, 7) is 9.66. The van der Waals surface area contributed by atoms with Crippen molar-refractivity contribution in [2.24, 2.45) is 0 Å². The second-order valence-corrected chi connectivity index (χ2v) is 9.04. The molecule has 1 unspecified atom stereocenters. The van der Waals surface area contributed by atoms with Crippen LogP contribution in [-0.2, 0) is 17.8 Å². The lowest BCUT2D eigenvalue weighted by atomic mass is 9.91. The number of esters is 1. The second-order valence-electron chi connectivity index (χ2n) is 9.04. The molecule has 0 amide bonds. The molecular weight excluding hydrogens is 402 g/mol. The molecule has 0 spiro atoms. The summed E-state index contributed by atoms with van der Waals surface area (Å²) in [7, 11) is 0. The zero-order valence-electron chi connectivity index (χ0n) is 18.6. The van der Waals surface area contributed by atoms with Crippen LogP contribution in [0.25, 0.3) is 0 Å². The Morgan fingerprint density at radius 2 is 1.91 bits per heavy atom. The number of hydrogen-bond acceptors (Lipinski definition) is 6. The van der Waals surface area contributed by atoms with Gasteiger partial charge in [-0.05, 0) is 54.7 Å². The fourth-order valence-electron chi connectivity index (χ4n) is 5.18. The molecule has 2 aromatic carbocycles. The van der Waals surface area contributed by atoms with E-state index in [1.807, 2.05) is 18.2 Å². The van der Waals surface area contributed by atoms with E-state index < -0.39 is 0 Å². The van der Waals surface area contributed by atoms with Crippen molar-refractivity contribution in [3.05, 3.63) is 63.7 Å². The molecular formula is C26H29N3O3. The van der Waals surface area contributed by atoms with Crippen LogP contribution in [-0.4, -0.2) is 61.6 Å². The quantitative estimate of drug-likeness (QED) is 0.677. The van der Waals surface area contributed by atoms with Gasteiger partial charge in [0.25, 0.3) is 0 Å². The number of piperazine rings is 1. The molecule has 3 aliphatic heterocycles. The van der Waals surface area contributed by atoms with Crippen LogP contribution in [0.1, 0.15) is 50.5 Å². The molecule has 3 heterocycles. The molecule has 2 aromatic rings. The molecule has 0 saturated carbocycles. The molecule has 32 heavy (non-hydrogen) atoms. The summed E-state index contributed by atoms with van der Waals surface area (Å²) in [6, 6.07) is 12.1. The van der Waals surface area contributed by atoms with Crippen LogP contribution >= 0.6 is 0 Å². The van der Waals surface area contributed by atoms with Crippen LogP contribution in [0.2, 0.25) is 0 Å². The van der Waals surface area contributed by atoms with Crippen LogP contribution in [0, 0.1) is 18.3 Å². The Kier molecular flexibility index (Phi) is 5.86. The van der Waals surface area contributed by atoms with Crippen molar-refractivity contribution in [1.82, 2.24) is 9.80 Å². The number of hydrogen-bond donors (Lipinski definition) is 0. The van der Waals surface area contributed by atoms with Crippen molar-refractivity contribution in [1.29, 1.82) is 5.26 Å². The molecule has 0 aliphatic carbocycles. The maximum atomic E-state index is 11.7. The van der Waals surface area contributed by atoms with Crippen molar-refractivity contribution in [2.45, 2.75) is 32.3 Å². The number of rotatable bonds is 5. The van der Waals surface area contributed by atoms with Gasteiger partial charge < -0.3 is 19.3 Å². The zero-order valence-corrected chi connectivity index (χ0v) is 18.6. The largest absolute Gasteiger partial charge is 0.493 e. The first-order valence-corrected chi connectivity index (χ1v) is 11.5. The lowest BCUT2D eigenvalue weighted by Crippen LogP contribution is -2.48. The van der Waals surface area contributed by atoms with Crippen LogP contribution in [0.15, 0.2) is 30.3 Å². The molecule has 166 valence electrons. The molecule has 1 fully saturated rings.